The molecule has 3 rings (SSSR count). The summed E-state index contributed by atoms with van der Waals surface area (Å²) >= 11 is 0. The second-order valence-corrected chi connectivity index (χ2v) is 7.60. The average Bonchev–Trinajstić information content (AvgIpc) is 3.04. The number of aliphatic hydroxyl groups is 1. The maximum Gasteiger partial charge on any atom is 0.227 e. The van der Waals surface area contributed by atoms with Crippen LogP contribution in [0.4, 0.5) is 11.8 Å². The minimum absolute atomic E-state index is 0.233. The molecule has 3 aromatic rings. The summed E-state index contributed by atoms with van der Waals surface area (Å²) in [5.74, 6) is 1.22. The van der Waals surface area contributed by atoms with Crippen molar-refractivity contribution < 1.29 is 10.2 Å². The maximum absolute atomic E-state index is 10.2. The molecule has 2 heterocycles. The largest absolute Gasteiger partial charge is 0.508 e. The lowest BCUT2D eigenvalue weighted by molar-refractivity contribution is 0.0646. The van der Waals surface area contributed by atoms with E-state index in [9.17, 15) is 10.2 Å². The van der Waals surface area contributed by atoms with Crippen LogP contribution >= 0.6 is 0 Å². The van der Waals surface area contributed by atoms with Crippen molar-refractivity contribution in [3.63, 3.8) is 0 Å². The summed E-state index contributed by atoms with van der Waals surface area (Å²) in [6.45, 7) is 10.5. The van der Waals surface area contributed by atoms with Gasteiger partial charge >= 0.3 is 0 Å². The zero-order chi connectivity index (χ0) is 20.5. The second-order valence-electron chi connectivity index (χ2n) is 7.60. The highest BCUT2D eigenvalue weighted by Crippen LogP contribution is 2.25. The Kier molecular flexibility index (Phi) is 5.42. The monoisotopic (exact) mass is 384 g/mol. The van der Waals surface area contributed by atoms with Crippen LogP contribution in [0, 0.1) is 6.92 Å². The fraction of sp³-hybridized carbons (Fsp3) is 0.450. The van der Waals surface area contributed by atoms with E-state index in [0.29, 0.717) is 29.5 Å². The van der Waals surface area contributed by atoms with E-state index in [1.807, 2.05) is 37.5 Å². The maximum atomic E-state index is 10.2. The quantitative estimate of drug-likeness (QED) is 0.496. The second kappa shape index (κ2) is 7.63. The number of hydrogen-bond acceptors (Lipinski definition) is 7. The minimum Gasteiger partial charge on any atom is -0.508 e. The van der Waals surface area contributed by atoms with Crippen molar-refractivity contribution in [2.45, 2.75) is 59.4 Å². The lowest BCUT2D eigenvalue weighted by Gasteiger charge is -2.26. The van der Waals surface area contributed by atoms with Crippen LogP contribution in [-0.4, -0.2) is 41.4 Å². The van der Waals surface area contributed by atoms with Gasteiger partial charge in [0.15, 0.2) is 17.0 Å². The molecule has 28 heavy (non-hydrogen) atoms. The van der Waals surface area contributed by atoms with Gasteiger partial charge in [0, 0.05) is 18.7 Å². The number of benzene rings is 1. The molecule has 0 amide bonds. The van der Waals surface area contributed by atoms with Gasteiger partial charge in [-0.15, -0.1) is 0 Å². The number of anilines is 2. The van der Waals surface area contributed by atoms with Gasteiger partial charge in [-0.1, -0.05) is 17.7 Å². The number of nitrogens with one attached hydrogen (secondary N) is 2. The first-order valence-electron chi connectivity index (χ1n) is 9.43. The highest BCUT2D eigenvalue weighted by Gasteiger charge is 2.24. The van der Waals surface area contributed by atoms with Gasteiger partial charge < -0.3 is 25.4 Å². The van der Waals surface area contributed by atoms with Crippen molar-refractivity contribution in [2.24, 2.45) is 0 Å². The van der Waals surface area contributed by atoms with Crippen LogP contribution in [-0.2, 0) is 13.1 Å². The van der Waals surface area contributed by atoms with Crippen molar-refractivity contribution >= 4 is 22.9 Å². The van der Waals surface area contributed by atoms with Crippen molar-refractivity contribution in [2.75, 3.05) is 10.6 Å². The molecule has 2 aromatic heterocycles. The smallest absolute Gasteiger partial charge is 0.227 e. The van der Waals surface area contributed by atoms with Crippen molar-refractivity contribution in [3.05, 3.63) is 35.7 Å². The molecule has 1 unspecified atom stereocenters. The number of rotatable bonds is 7. The summed E-state index contributed by atoms with van der Waals surface area (Å²) < 4.78 is 1.94. The lowest BCUT2D eigenvalue weighted by Crippen LogP contribution is -2.39. The Morgan fingerprint density at radius 3 is 2.68 bits per heavy atom. The molecule has 0 aliphatic heterocycles. The van der Waals surface area contributed by atoms with E-state index in [2.05, 4.69) is 25.6 Å². The molecule has 4 N–H and O–H groups in total. The third-order valence-electron chi connectivity index (χ3n) is 4.89. The lowest BCUT2D eigenvalue weighted by atomic mass is 10.0. The molecule has 8 nitrogen and oxygen atoms in total. The summed E-state index contributed by atoms with van der Waals surface area (Å²) in [5, 5.41) is 26.8. The molecular weight excluding hydrogens is 356 g/mol. The Labute approximate surface area is 164 Å². The summed E-state index contributed by atoms with van der Waals surface area (Å²) in [6.07, 6.45) is 1.73. The zero-order valence-corrected chi connectivity index (χ0v) is 17.0. The highest BCUT2D eigenvalue weighted by atomic mass is 16.3. The topological polar surface area (TPSA) is 108 Å². The van der Waals surface area contributed by atoms with Gasteiger partial charge in [-0.25, -0.2) is 4.98 Å². The molecule has 0 aliphatic rings. The number of hydrogen-bond donors (Lipinski definition) is 4. The molecule has 150 valence electrons. The number of aromatic hydroxyl groups is 1. The summed E-state index contributed by atoms with van der Waals surface area (Å²) in [4.78, 5) is 13.6. The van der Waals surface area contributed by atoms with E-state index in [0.717, 1.165) is 17.7 Å². The van der Waals surface area contributed by atoms with E-state index in [1.54, 1.807) is 26.2 Å². The summed E-state index contributed by atoms with van der Waals surface area (Å²) in [6, 6.07) is 5.23. The Hall–Kier alpha value is -2.87. The molecule has 0 saturated heterocycles. The third-order valence-corrected chi connectivity index (χ3v) is 4.89. The van der Waals surface area contributed by atoms with Crippen LogP contribution in [0.5, 0.6) is 5.75 Å². The fourth-order valence-electron chi connectivity index (χ4n) is 2.77. The molecule has 1 atom stereocenters. The molecule has 0 fully saturated rings. The number of phenolic OH excluding ortho intramolecular Hbond substituents is 1. The van der Waals surface area contributed by atoms with E-state index < -0.39 is 5.60 Å². The van der Waals surface area contributed by atoms with Crippen LogP contribution in [0.1, 0.15) is 38.8 Å². The number of fused-ring (bicyclic) bond motifs is 1. The van der Waals surface area contributed by atoms with Gasteiger partial charge in [-0.05, 0) is 40.7 Å². The summed E-state index contributed by atoms with van der Waals surface area (Å²) in [7, 11) is 0. The van der Waals surface area contributed by atoms with Gasteiger partial charge in [-0.2, -0.15) is 9.97 Å². The van der Waals surface area contributed by atoms with Crippen LogP contribution in [0.2, 0.25) is 0 Å². The van der Waals surface area contributed by atoms with Crippen LogP contribution < -0.4 is 10.6 Å². The predicted octanol–water partition coefficient (Wildman–Crippen LogP) is 3.04. The number of phenols is 1. The van der Waals surface area contributed by atoms with Crippen LogP contribution in [0.25, 0.3) is 11.2 Å². The third kappa shape index (κ3) is 4.17. The van der Waals surface area contributed by atoms with E-state index in [4.69, 9.17) is 0 Å². The van der Waals surface area contributed by atoms with Gasteiger partial charge in [0.1, 0.15) is 5.75 Å². The number of nitrogens with zero attached hydrogens (tertiary/aromatic N) is 4. The van der Waals surface area contributed by atoms with Crippen molar-refractivity contribution in [1.29, 1.82) is 0 Å². The van der Waals surface area contributed by atoms with Gasteiger partial charge in [0.25, 0.3) is 0 Å². The van der Waals surface area contributed by atoms with E-state index >= 15 is 0 Å². The highest BCUT2D eigenvalue weighted by molar-refractivity contribution is 5.84. The Bertz CT molecular complexity index is 977. The first kappa shape index (κ1) is 19.9. The molecule has 8 heteroatoms. The first-order valence-corrected chi connectivity index (χ1v) is 9.43. The molecule has 0 spiro atoms. The standard InChI is InChI=1S/C20H28N6O2/c1-6-26-11-22-16-17(21-10-14-9-12(2)7-8-15(14)27)24-19(25-18(16)26)23-13(3)20(4,5)28/h7-9,11,13,27-28H,6,10H2,1-5H3,(H2,21,23,24,25). The molecule has 0 bridgehead atoms. The van der Waals surface area contributed by atoms with Crippen molar-refractivity contribution in [1.82, 2.24) is 19.5 Å². The predicted molar refractivity (Wildman–Crippen MR) is 111 cm³/mol. The molecule has 0 aliphatic carbocycles. The normalized spacial score (nSPS) is 12.9. The summed E-state index contributed by atoms with van der Waals surface area (Å²) in [5.41, 5.74) is 2.29. The SMILES string of the molecule is CCn1cnc2c(NCc3cc(C)ccc3O)nc(NC(C)C(C)(C)O)nc21. The van der Waals surface area contributed by atoms with Crippen molar-refractivity contribution in [3.8, 4) is 5.75 Å². The molecule has 0 radical (unpaired) electrons. The molecule has 0 saturated carbocycles. The van der Waals surface area contributed by atoms with E-state index in [1.165, 1.54) is 0 Å². The number of aryl methyl sites for hydroxylation is 2. The first-order chi connectivity index (χ1) is 13.2. The van der Waals surface area contributed by atoms with Gasteiger partial charge in [-0.3, -0.25) is 0 Å². The van der Waals surface area contributed by atoms with Crippen LogP contribution in [0.15, 0.2) is 24.5 Å². The number of imidazole rings is 1. The Morgan fingerprint density at radius 1 is 1.25 bits per heavy atom. The van der Waals surface area contributed by atoms with E-state index in [-0.39, 0.29) is 11.8 Å². The Morgan fingerprint density at radius 2 is 2.00 bits per heavy atom. The fourth-order valence-corrected chi connectivity index (χ4v) is 2.77. The zero-order valence-electron chi connectivity index (χ0n) is 17.0. The van der Waals surface area contributed by atoms with Crippen LogP contribution in [0.3, 0.4) is 0 Å². The average molecular weight is 384 g/mol. The molecular formula is C20H28N6O2. The number of aromatic nitrogens is 4. The van der Waals surface area contributed by atoms with Gasteiger partial charge in [0.05, 0.1) is 18.0 Å². The molecule has 1 aromatic carbocycles. The Balaban J connectivity index is 1.95. The van der Waals surface area contributed by atoms with Gasteiger partial charge in [0.2, 0.25) is 5.95 Å². The minimum atomic E-state index is -0.926.